The predicted molar refractivity (Wildman–Crippen MR) is 79.9 cm³/mol. The first kappa shape index (κ1) is 13.2. The van der Waals surface area contributed by atoms with Crippen molar-refractivity contribution in [1.82, 2.24) is 24.7 Å². The molecule has 106 valence electrons. The number of rotatable bonds is 4. The van der Waals surface area contributed by atoms with E-state index < -0.39 is 0 Å². The smallest absolute Gasteiger partial charge is 0.257 e. The molecule has 0 bridgehead atoms. The van der Waals surface area contributed by atoms with E-state index in [0.29, 0.717) is 17.8 Å². The Hall–Kier alpha value is -1.83. The monoisotopic (exact) mass is 291 g/mol. The van der Waals surface area contributed by atoms with Gasteiger partial charge in [-0.05, 0) is 36.3 Å². The number of thioether (sulfide) groups is 1. The lowest BCUT2D eigenvalue weighted by Gasteiger charge is -2.21. The number of hydrogen-bond acceptors (Lipinski definition) is 7. The zero-order valence-electron chi connectivity index (χ0n) is 11.1. The van der Waals surface area contributed by atoms with E-state index in [1.807, 2.05) is 17.8 Å². The van der Waals surface area contributed by atoms with E-state index in [1.165, 1.54) is 24.3 Å². The molecule has 1 saturated heterocycles. The molecule has 0 radical (unpaired) electrons. The minimum atomic E-state index is 0.201. The van der Waals surface area contributed by atoms with Crippen molar-refractivity contribution in [2.45, 2.75) is 12.8 Å². The fraction of sp³-hybridized carbons (Fsp3) is 0.500. The first-order valence-corrected chi connectivity index (χ1v) is 7.80. The van der Waals surface area contributed by atoms with Crippen LogP contribution in [-0.4, -0.2) is 42.8 Å². The van der Waals surface area contributed by atoms with E-state index >= 15 is 0 Å². The van der Waals surface area contributed by atoms with Crippen LogP contribution in [0.2, 0.25) is 0 Å². The van der Waals surface area contributed by atoms with Gasteiger partial charge in [0.15, 0.2) is 0 Å². The van der Waals surface area contributed by atoms with Gasteiger partial charge in [-0.2, -0.15) is 31.8 Å². The average molecular weight is 291 g/mol. The van der Waals surface area contributed by atoms with Crippen molar-refractivity contribution in [3.8, 4) is 5.95 Å². The summed E-state index contributed by atoms with van der Waals surface area (Å²) in [6.45, 7) is 0.878. The van der Waals surface area contributed by atoms with Crippen LogP contribution < -0.4 is 11.1 Å². The third-order valence-electron chi connectivity index (χ3n) is 3.24. The van der Waals surface area contributed by atoms with Gasteiger partial charge in [-0.25, -0.2) is 4.68 Å². The van der Waals surface area contributed by atoms with Crippen molar-refractivity contribution in [1.29, 1.82) is 0 Å². The van der Waals surface area contributed by atoms with Crippen LogP contribution in [0, 0.1) is 5.92 Å². The summed E-state index contributed by atoms with van der Waals surface area (Å²) in [6, 6.07) is 1.81. The van der Waals surface area contributed by atoms with E-state index in [4.69, 9.17) is 5.73 Å². The van der Waals surface area contributed by atoms with Gasteiger partial charge in [-0.15, -0.1) is 0 Å². The molecule has 1 fully saturated rings. The number of nitrogens with two attached hydrogens (primary N) is 1. The molecule has 0 atom stereocenters. The molecule has 3 heterocycles. The molecule has 8 heteroatoms. The molecule has 0 spiro atoms. The van der Waals surface area contributed by atoms with Gasteiger partial charge in [-0.3, -0.25) is 0 Å². The fourth-order valence-corrected chi connectivity index (χ4v) is 3.34. The van der Waals surface area contributed by atoms with E-state index in [9.17, 15) is 0 Å². The van der Waals surface area contributed by atoms with Crippen LogP contribution >= 0.6 is 11.8 Å². The number of aromatic nitrogens is 5. The summed E-state index contributed by atoms with van der Waals surface area (Å²) in [5, 5.41) is 7.36. The van der Waals surface area contributed by atoms with Crippen LogP contribution in [0.4, 0.5) is 11.9 Å². The minimum absolute atomic E-state index is 0.201. The zero-order valence-corrected chi connectivity index (χ0v) is 11.9. The highest BCUT2D eigenvalue weighted by atomic mass is 32.2. The summed E-state index contributed by atoms with van der Waals surface area (Å²) < 4.78 is 1.57. The molecule has 0 aromatic carbocycles. The Morgan fingerprint density at radius 3 is 2.90 bits per heavy atom. The van der Waals surface area contributed by atoms with Gasteiger partial charge < -0.3 is 11.1 Å². The number of nitrogen functional groups attached to an aromatic ring is 1. The molecular weight excluding hydrogens is 274 g/mol. The summed E-state index contributed by atoms with van der Waals surface area (Å²) in [7, 11) is 0. The highest BCUT2D eigenvalue weighted by Crippen LogP contribution is 2.22. The average Bonchev–Trinajstić information content (AvgIpc) is 3.00. The Bertz CT molecular complexity index is 551. The second kappa shape index (κ2) is 6.08. The Morgan fingerprint density at radius 2 is 2.15 bits per heavy atom. The molecule has 0 amide bonds. The molecule has 1 aliphatic heterocycles. The molecule has 3 N–H and O–H groups in total. The molecular formula is C12H17N7S. The van der Waals surface area contributed by atoms with E-state index in [0.717, 1.165) is 6.54 Å². The first-order chi connectivity index (χ1) is 9.81. The van der Waals surface area contributed by atoms with Gasteiger partial charge in [0.2, 0.25) is 11.9 Å². The summed E-state index contributed by atoms with van der Waals surface area (Å²) in [5.41, 5.74) is 5.73. The zero-order chi connectivity index (χ0) is 13.8. The molecule has 0 saturated carbocycles. The number of hydrogen-bond donors (Lipinski definition) is 2. The van der Waals surface area contributed by atoms with Crippen molar-refractivity contribution in [2.24, 2.45) is 5.92 Å². The number of nitrogens with zero attached hydrogens (tertiary/aromatic N) is 5. The van der Waals surface area contributed by atoms with E-state index in [2.05, 4.69) is 25.4 Å². The highest BCUT2D eigenvalue weighted by Gasteiger charge is 2.14. The van der Waals surface area contributed by atoms with Crippen LogP contribution in [0.1, 0.15) is 12.8 Å². The molecule has 2 aromatic rings. The van der Waals surface area contributed by atoms with Crippen molar-refractivity contribution in [3.63, 3.8) is 0 Å². The Balaban J connectivity index is 1.69. The summed E-state index contributed by atoms with van der Waals surface area (Å²) in [6.07, 6.45) is 5.93. The number of anilines is 2. The quantitative estimate of drug-likeness (QED) is 0.873. The highest BCUT2D eigenvalue weighted by molar-refractivity contribution is 7.99. The molecule has 0 unspecified atom stereocenters. The van der Waals surface area contributed by atoms with Crippen molar-refractivity contribution >= 4 is 23.7 Å². The Labute approximate surface area is 121 Å². The van der Waals surface area contributed by atoms with Crippen LogP contribution in [0.25, 0.3) is 5.95 Å². The molecule has 2 aromatic heterocycles. The normalized spacial score (nSPS) is 16.2. The fourth-order valence-electron chi connectivity index (χ4n) is 2.14. The lowest BCUT2D eigenvalue weighted by molar-refractivity contribution is 0.514. The largest absolute Gasteiger partial charge is 0.368 e. The summed E-state index contributed by atoms with van der Waals surface area (Å²) in [5.74, 6) is 4.31. The van der Waals surface area contributed by atoms with Crippen molar-refractivity contribution in [3.05, 3.63) is 18.5 Å². The molecule has 0 aliphatic carbocycles. The van der Waals surface area contributed by atoms with E-state index in [1.54, 1.807) is 17.1 Å². The van der Waals surface area contributed by atoms with Crippen molar-refractivity contribution in [2.75, 3.05) is 29.1 Å². The minimum Gasteiger partial charge on any atom is -0.368 e. The Kier molecular flexibility index (Phi) is 4.00. The van der Waals surface area contributed by atoms with E-state index in [-0.39, 0.29) is 5.95 Å². The molecule has 7 nitrogen and oxygen atoms in total. The number of nitrogens with one attached hydrogen (secondary N) is 1. The van der Waals surface area contributed by atoms with Gasteiger partial charge in [0, 0.05) is 18.9 Å². The standard InChI is InChI=1S/C12H17N7S/c13-10-16-11(14-8-9-2-6-20-7-3-9)18-12(17-10)19-5-1-4-15-19/h1,4-5,9H,2-3,6-8H2,(H3,13,14,16,17,18). The third-order valence-corrected chi connectivity index (χ3v) is 4.29. The summed E-state index contributed by atoms with van der Waals surface area (Å²) >= 11 is 2.02. The van der Waals surface area contributed by atoms with Crippen LogP contribution in [0.3, 0.4) is 0 Å². The Morgan fingerprint density at radius 1 is 1.30 bits per heavy atom. The maximum Gasteiger partial charge on any atom is 0.257 e. The van der Waals surface area contributed by atoms with Gasteiger partial charge in [0.1, 0.15) is 0 Å². The molecule has 1 aliphatic rings. The second-order valence-corrected chi connectivity index (χ2v) is 5.93. The van der Waals surface area contributed by atoms with Crippen LogP contribution in [0.15, 0.2) is 18.5 Å². The molecule has 3 rings (SSSR count). The molecule has 20 heavy (non-hydrogen) atoms. The van der Waals surface area contributed by atoms with Gasteiger partial charge in [0.25, 0.3) is 5.95 Å². The van der Waals surface area contributed by atoms with Crippen molar-refractivity contribution < 1.29 is 0 Å². The van der Waals surface area contributed by atoms with Gasteiger partial charge in [-0.1, -0.05) is 0 Å². The lowest BCUT2D eigenvalue weighted by Crippen LogP contribution is -2.21. The maximum absolute atomic E-state index is 5.73. The van der Waals surface area contributed by atoms with Crippen LogP contribution in [0.5, 0.6) is 0 Å². The first-order valence-electron chi connectivity index (χ1n) is 6.64. The topological polar surface area (TPSA) is 94.5 Å². The van der Waals surface area contributed by atoms with Gasteiger partial charge in [0.05, 0.1) is 0 Å². The van der Waals surface area contributed by atoms with Crippen LogP contribution in [-0.2, 0) is 0 Å². The maximum atomic E-state index is 5.73. The second-order valence-electron chi connectivity index (χ2n) is 4.70. The third kappa shape index (κ3) is 3.19. The predicted octanol–water partition coefficient (Wildman–Crippen LogP) is 1.19. The SMILES string of the molecule is Nc1nc(NCC2CCSCC2)nc(-n2cccn2)n1. The summed E-state index contributed by atoms with van der Waals surface area (Å²) in [4.78, 5) is 12.6. The lowest BCUT2D eigenvalue weighted by atomic mass is 10.0. The van der Waals surface area contributed by atoms with Gasteiger partial charge >= 0.3 is 0 Å².